The van der Waals surface area contributed by atoms with E-state index in [4.69, 9.17) is 9.47 Å². The average Bonchev–Trinajstić information content (AvgIpc) is 2.88. The van der Waals surface area contributed by atoms with Gasteiger partial charge in [0.1, 0.15) is 12.4 Å². The topological polar surface area (TPSA) is 80.8 Å². The molecular weight excluding hydrogens is 430 g/mol. The number of carbonyl (C=O) groups is 2. The Bertz CT molecular complexity index is 1200. The number of amides is 2. The number of nitrogens with zero attached hydrogens (tertiary/aromatic N) is 2. The molecule has 3 heterocycles. The van der Waals surface area contributed by atoms with Crippen LogP contribution in [0.15, 0.2) is 60.8 Å². The summed E-state index contributed by atoms with van der Waals surface area (Å²) in [5.74, 6) is 0.568. The molecular formula is C27H29N3O4. The van der Waals surface area contributed by atoms with E-state index in [0.717, 1.165) is 35.9 Å². The maximum Gasteiger partial charge on any atom is 0.255 e. The van der Waals surface area contributed by atoms with E-state index < -0.39 is 5.60 Å². The number of pyridine rings is 1. The van der Waals surface area contributed by atoms with Gasteiger partial charge in [-0.15, -0.1) is 0 Å². The molecule has 2 amide bonds. The molecule has 0 radical (unpaired) electrons. The normalized spacial score (nSPS) is 21.6. The van der Waals surface area contributed by atoms with Crippen LogP contribution in [0.5, 0.6) is 5.75 Å². The van der Waals surface area contributed by atoms with Gasteiger partial charge in [-0.25, -0.2) is 0 Å². The number of para-hydroxylation sites is 2. The van der Waals surface area contributed by atoms with Crippen LogP contribution in [0.2, 0.25) is 0 Å². The molecule has 0 saturated carbocycles. The Kier molecular flexibility index (Phi) is 6.45. The minimum atomic E-state index is -1.06. The summed E-state index contributed by atoms with van der Waals surface area (Å²) in [5, 5.41) is 3.89. The maximum absolute atomic E-state index is 13.4. The largest absolute Gasteiger partial charge is 0.491 e. The van der Waals surface area contributed by atoms with Crippen LogP contribution < -0.4 is 10.1 Å². The molecule has 7 nitrogen and oxygen atoms in total. The summed E-state index contributed by atoms with van der Waals surface area (Å²) in [6, 6.07) is 17.6. The predicted molar refractivity (Wildman–Crippen MR) is 129 cm³/mol. The van der Waals surface area contributed by atoms with E-state index in [1.165, 1.54) is 5.56 Å². The lowest BCUT2D eigenvalue weighted by Crippen LogP contribution is -2.61. The number of carbonyl (C=O) groups excluding carboxylic acids is 2. The van der Waals surface area contributed by atoms with E-state index in [1.54, 1.807) is 11.1 Å². The van der Waals surface area contributed by atoms with Crippen molar-refractivity contribution in [1.29, 1.82) is 0 Å². The van der Waals surface area contributed by atoms with Crippen LogP contribution >= 0.6 is 0 Å². The first kappa shape index (κ1) is 22.3. The Morgan fingerprint density at radius 3 is 2.85 bits per heavy atom. The van der Waals surface area contributed by atoms with Crippen LogP contribution in [0.4, 0.5) is 0 Å². The molecule has 1 unspecified atom stereocenters. The SMILES string of the molecule is O=C(c1cnc2ccccc2c1)N1CCOC2(CCCCc3ccccc3OCCNC2=O)C1. The number of hydrogen-bond donors (Lipinski definition) is 1. The van der Waals surface area contributed by atoms with Crippen LogP contribution in [-0.4, -0.2) is 60.1 Å². The summed E-state index contributed by atoms with van der Waals surface area (Å²) in [6.45, 7) is 1.74. The number of hydrogen-bond acceptors (Lipinski definition) is 5. The Morgan fingerprint density at radius 1 is 1.06 bits per heavy atom. The Labute approximate surface area is 199 Å². The number of benzene rings is 2. The van der Waals surface area contributed by atoms with Gasteiger partial charge in [0.25, 0.3) is 11.8 Å². The van der Waals surface area contributed by atoms with Gasteiger partial charge in [-0.2, -0.15) is 0 Å². The number of morpholine rings is 1. The summed E-state index contributed by atoms with van der Waals surface area (Å²) in [7, 11) is 0. The van der Waals surface area contributed by atoms with Crippen molar-refractivity contribution in [2.24, 2.45) is 0 Å². The minimum absolute atomic E-state index is 0.128. The fourth-order valence-electron chi connectivity index (χ4n) is 4.79. The first-order chi connectivity index (χ1) is 16.6. The van der Waals surface area contributed by atoms with Gasteiger partial charge in [0.15, 0.2) is 5.60 Å². The second kappa shape index (κ2) is 9.81. The van der Waals surface area contributed by atoms with Crippen LogP contribution in [-0.2, 0) is 16.0 Å². The first-order valence-electron chi connectivity index (χ1n) is 11.9. The standard InChI is InChI=1S/C27H29N3O4/c31-25(22-17-21-9-1-3-10-23(21)29-18-22)30-14-16-34-27(19-30)12-6-5-8-20-7-2-4-11-24(20)33-15-13-28-26(27)32/h1-4,7,9-11,17-18H,5-6,8,12-16,19H2,(H,28,32). The van der Waals surface area contributed by atoms with E-state index in [9.17, 15) is 9.59 Å². The van der Waals surface area contributed by atoms with Gasteiger partial charge in [-0.05, 0) is 49.4 Å². The molecule has 2 aliphatic rings. The van der Waals surface area contributed by atoms with Gasteiger partial charge in [0.2, 0.25) is 0 Å². The molecule has 7 heteroatoms. The van der Waals surface area contributed by atoms with Crippen molar-refractivity contribution in [3.8, 4) is 5.75 Å². The van der Waals surface area contributed by atoms with Gasteiger partial charge >= 0.3 is 0 Å². The molecule has 2 aromatic carbocycles. The quantitative estimate of drug-likeness (QED) is 0.604. The third-order valence-corrected chi connectivity index (χ3v) is 6.62. The monoisotopic (exact) mass is 459 g/mol. The average molecular weight is 460 g/mol. The van der Waals surface area contributed by atoms with Crippen LogP contribution in [0.3, 0.4) is 0 Å². The Morgan fingerprint density at radius 2 is 1.91 bits per heavy atom. The summed E-state index contributed by atoms with van der Waals surface area (Å²) >= 11 is 0. The van der Waals surface area contributed by atoms with Crippen molar-refractivity contribution in [3.63, 3.8) is 0 Å². The fraction of sp³-hybridized carbons (Fsp3) is 0.370. The molecule has 1 fully saturated rings. The van der Waals surface area contributed by atoms with Crippen molar-refractivity contribution in [3.05, 3.63) is 71.9 Å². The third-order valence-electron chi connectivity index (χ3n) is 6.62. The molecule has 176 valence electrons. The highest BCUT2D eigenvalue weighted by Gasteiger charge is 2.44. The van der Waals surface area contributed by atoms with E-state index in [0.29, 0.717) is 38.3 Å². The summed E-state index contributed by atoms with van der Waals surface area (Å²) in [5.41, 5.74) is 1.49. The lowest BCUT2D eigenvalue weighted by molar-refractivity contribution is -0.159. The molecule has 1 saturated heterocycles. The van der Waals surface area contributed by atoms with Crippen molar-refractivity contribution in [1.82, 2.24) is 15.2 Å². The van der Waals surface area contributed by atoms with Crippen LogP contribution in [0.1, 0.15) is 35.2 Å². The number of aromatic nitrogens is 1. The molecule has 2 aliphatic heterocycles. The molecule has 0 aliphatic carbocycles. The van der Waals surface area contributed by atoms with Crippen molar-refractivity contribution >= 4 is 22.7 Å². The number of nitrogens with one attached hydrogen (secondary N) is 1. The van der Waals surface area contributed by atoms with E-state index in [2.05, 4.69) is 16.4 Å². The highest BCUT2D eigenvalue weighted by atomic mass is 16.5. The molecule has 5 rings (SSSR count). The highest BCUT2D eigenvalue weighted by molar-refractivity contribution is 5.98. The zero-order valence-electron chi connectivity index (χ0n) is 19.2. The molecule has 1 spiro atoms. The number of aryl methyl sites for hydroxylation is 1. The zero-order chi connectivity index (χ0) is 23.4. The van der Waals surface area contributed by atoms with Crippen molar-refractivity contribution in [2.75, 3.05) is 32.8 Å². The molecule has 1 aromatic heterocycles. The fourth-order valence-corrected chi connectivity index (χ4v) is 4.79. The van der Waals surface area contributed by atoms with E-state index in [-0.39, 0.29) is 18.4 Å². The van der Waals surface area contributed by atoms with E-state index in [1.807, 2.05) is 48.5 Å². The predicted octanol–water partition coefficient (Wildman–Crippen LogP) is 3.37. The highest BCUT2D eigenvalue weighted by Crippen LogP contribution is 2.28. The summed E-state index contributed by atoms with van der Waals surface area (Å²) in [4.78, 5) is 32.8. The number of rotatable bonds is 1. The Hall–Kier alpha value is -3.45. The number of fused-ring (bicyclic) bond motifs is 2. The third kappa shape index (κ3) is 4.61. The molecule has 0 bridgehead atoms. The maximum atomic E-state index is 13.4. The molecule has 1 atom stereocenters. The smallest absolute Gasteiger partial charge is 0.255 e. The van der Waals surface area contributed by atoms with Gasteiger partial charge in [0, 0.05) is 18.1 Å². The second-order valence-electron chi connectivity index (χ2n) is 8.91. The Balaban J connectivity index is 1.33. The lowest BCUT2D eigenvalue weighted by atomic mass is 9.91. The van der Waals surface area contributed by atoms with Gasteiger partial charge < -0.3 is 19.7 Å². The summed E-state index contributed by atoms with van der Waals surface area (Å²) < 4.78 is 12.0. The van der Waals surface area contributed by atoms with Crippen molar-refractivity contribution < 1.29 is 19.1 Å². The molecule has 3 aromatic rings. The summed E-state index contributed by atoms with van der Waals surface area (Å²) in [6.07, 6.45) is 4.76. The zero-order valence-corrected chi connectivity index (χ0v) is 19.2. The first-order valence-corrected chi connectivity index (χ1v) is 11.9. The molecule has 1 N–H and O–H groups in total. The van der Waals surface area contributed by atoms with Gasteiger partial charge in [0.05, 0.1) is 30.8 Å². The van der Waals surface area contributed by atoms with Gasteiger partial charge in [-0.1, -0.05) is 36.4 Å². The van der Waals surface area contributed by atoms with E-state index >= 15 is 0 Å². The second-order valence-corrected chi connectivity index (χ2v) is 8.91. The van der Waals surface area contributed by atoms with Crippen LogP contribution in [0, 0.1) is 0 Å². The van der Waals surface area contributed by atoms with Gasteiger partial charge in [-0.3, -0.25) is 14.6 Å². The number of ether oxygens (including phenoxy) is 2. The minimum Gasteiger partial charge on any atom is -0.491 e. The van der Waals surface area contributed by atoms with Crippen molar-refractivity contribution in [2.45, 2.75) is 31.3 Å². The molecule has 34 heavy (non-hydrogen) atoms. The van der Waals surface area contributed by atoms with Crippen LogP contribution in [0.25, 0.3) is 10.9 Å². The lowest BCUT2D eigenvalue weighted by Gasteiger charge is -2.41.